The second-order valence-electron chi connectivity index (χ2n) is 5.33. The van der Waals surface area contributed by atoms with E-state index < -0.39 is 0 Å². The molecule has 5 heteroatoms. The van der Waals surface area contributed by atoms with Crippen LogP contribution in [0.1, 0.15) is 28.9 Å². The van der Waals surface area contributed by atoms with E-state index in [1.54, 1.807) is 12.1 Å². The number of rotatable bonds is 3. The number of H-pyrrole nitrogens is 1. The van der Waals surface area contributed by atoms with Gasteiger partial charge in [0.25, 0.3) is 5.91 Å². The summed E-state index contributed by atoms with van der Waals surface area (Å²) in [6.07, 6.45) is 1.47. The minimum atomic E-state index is -0.385. The van der Waals surface area contributed by atoms with Gasteiger partial charge in [-0.1, -0.05) is 40.2 Å². The highest BCUT2D eigenvalue weighted by Gasteiger charge is 2.16. The third-order valence-electron chi connectivity index (χ3n) is 3.73. The van der Waals surface area contributed by atoms with Crippen LogP contribution in [0, 0.1) is 0 Å². The average Bonchev–Trinajstić information content (AvgIpc) is 2.55. The maximum absolute atomic E-state index is 12.5. The molecule has 1 atom stereocenters. The van der Waals surface area contributed by atoms with E-state index in [0.717, 1.165) is 10.0 Å². The number of aromatic amines is 1. The van der Waals surface area contributed by atoms with Gasteiger partial charge in [0.1, 0.15) is 5.56 Å². The summed E-state index contributed by atoms with van der Waals surface area (Å²) in [5, 5.41) is 3.37. The molecule has 3 aromatic rings. The van der Waals surface area contributed by atoms with E-state index in [0.29, 0.717) is 10.9 Å². The smallest absolute Gasteiger partial charge is 0.257 e. The molecule has 2 N–H and O–H groups in total. The third kappa shape index (κ3) is 3.19. The Hall–Kier alpha value is -2.40. The zero-order chi connectivity index (χ0) is 16.4. The minimum Gasteiger partial charge on any atom is -0.360 e. The Morgan fingerprint density at radius 3 is 2.74 bits per heavy atom. The van der Waals surface area contributed by atoms with E-state index >= 15 is 0 Å². The van der Waals surface area contributed by atoms with Gasteiger partial charge in [0, 0.05) is 21.6 Å². The van der Waals surface area contributed by atoms with Crippen LogP contribution in [0.3, 0.4) is 0 Å². The summed E-state index contributed by atoms with van der Waals surface area (Å²) in [6, 6.07) is 14.6. The van der Waals surface area contributed by atoms with Crippen molar-refractivity contribution in [2.75, 3.05) is 0 Å². The number of nitrogens with one attached hydrogen (secondary N) is 2. The molecule has 4 nitrogen and oxygen atoms in total. The fourth-order valence-electron chi connectivity index (χ4n) is 2.47. The monoisotopic (exact) mass is 370 g/mol. The van der Waals surface area contributed by atoms with Crippen molar-refractivity contribution in [3.8, 4) is 0 Å². The van der Waals surface area contributed by atoms with Gasteiger partial charge in [0.2, 0.25) is 5.43 Å². The number of aromatic nitrogens is 1. The number of amides is 1. The Morgan fingerprint density at radius 1 is 1.17 bits per heavy atom. The number of carbonyl (C=O) groups excluding carboxylic acids is 1. The predicted octanol–water partition coefficient (Wildman–Crippen LogP) is 3.78. The number of fused-ring (bicyclic) bond motifs is 1. The van der Waals surface area contributed by atoms with Crippen LogP contribution in [0.4, 0.5) is 0 Å². The minimum absolute atomic E-state index is 0.116. The molecule has 0 radical (unpaired) electrons. The first-order valence-electron chi connectivity index (χ1n) is 7.23. The molecule has 0 bridgehead atoms. The zero-order valence-electron chi connectivity index (χ0n) is 12.5. The number of halogens is 1. The molecule has 1 aromatic heterocycles. The fraction of sp³-hybridized carbons (Fsp3) is 0.111. The highest BCUT2D eigenvalue weighted by molar-refractivity contribution is 9.10. The van der Waals surface area contributed by atoms with Gasteiger partial charge in [-0.25, -0.2) is 0 Å². The Kier molecular flexibility index (Phi) is 4.30. The van der Waals surface area contributed by atoms with Gasteiger partial charge in [-0.2, -0.15) is 0 Å². The fourth-order valence-corrected chi connectivity index (χ4v) is 2.89. The van der Waals surface area contributed by atoms with Crippen LogP contribution in [0.5, 0.6) is 0 Å². The number of benzene rings is 2. The number of para-hydroxylation sites is 1. The first-order chi connectivity index (χ1) is 11.1. The Balaban J connectivity index is 1.89. The molecule has 0 aliphatic heterocycles. The van der Waals surface area contributed by atoms with Crippen molar-refractivity contribution in [3.63, 3.8) is 0 Å². The average molecular weight is 371 g/mol. The van der Waals surface area contributed by atoms with Crippen LogP contribution in [-0.4, -0.2) is 10.9 Å². The summed E-state index contributed by atoms with van der Waals surface area (Å²) in [6.45, 7) is 1.88. The molecular formula is C18H15BrN2O2. The Bertz CT molecular complexity index is 933. The van der Waals surface area contributed by atoms with E-state index in [-0.39, 0.29) is 22.9 Å². The van der Waals surface area contributed by atoms with Gasteiger partial charge in [-0.15, -0.1) is 0 Å². The van der Waals surface area contributed by atoms with Crippen LogP contribution in [0.2, 0.25) is 0 Å². The van der Waals surface area contributed by atoms with Crippen molar-refractivity contribution in [3.05, 3.63) is 80.6 Å². The summed E-state index contributed by atoms with van der Waals surface area (Å²) in [5.41, 5.74) is 1.53. The van der Waals surface area contributed by atoms with E-state index in [2.05, 4.69) is 26.2 Å². The highest BCUT2D eigenvalue weighted by atomic mass is 79.9. The number of carbonyl (C=O) groups is 1. The van der Waals surface area contributed by atoms with E-state index in [1.165, 1.54) is 6.20 Å². The van der Waals surface area contributed by atoms with Crippen LogP contribution in [0.25, 0.3) is 10.9 Å². The quantitative estimate of drug-likeness (QED) is 0.736. The zero-order valence-corrected chi connectivity index (χ0v) is 14.1. The molecule has 1 heterocycles. The highest BCUT2D eigenvalue weighted by Crippen LogP contribution is 2.18. The molecule has 0 aliphatic carbocycles. The van der Waals surface area contributed by atoms with E-state index in [1.807, 2.05) is 43.3 Å². The molecule has 3 rings (SSSR count). The molecule has 0 aliphatic rings. The van der Waals surface area contributed by atoms with E-state index in [9.17, 15) is 9.59 Å². The van der Waals surface area contributed by atoms with Gasteiger partial charge in [0.15, 0.2) is 0 Å². The van der Waals surface area contributed by atoms with E-state index in [4.69, 9.17) is 0 Å². The molecule has 116 valence electrons. The van der Waals surface area contributed by atoms with Crippen molar-refractivity contribution in [2.24, 2.45) is 0 Å². The maximum Gasteiger partial charge on any atom is 0.257 e. The van der Waals surface area contributed by atoms with Crippen LogP contribution in [-0.2, 0) is 0 Å². The maximum atomic E-state index is 12.5. The number of hydrogen-bond donors (Lipinski definition) is 2. The molecular weight excluding hydrogens is 356 g/mol. The van der Waals surface area contributed by atoms with Crippen LogP contribution < -0.4 is 10.7 Å². The molecule has 23 heavy (non-hydrogen) atoms. The summed E-state index contributed by atoms with van der Waals surface area (Å²) in [4.78, 5) is 27.9. The lowest BCUT2D eigenvalue weighted by Crippen LogP contribution is -2.31. The van der Waals surface area contributed by atoms with Gasteiger partial charge < -0.3 is 10.3 Å². The molecule has 0 saturated heterocycles. The lowest BCUT2D eigenvalue weighted by Gasteiger charge is -2.14. The number of hydrogen-bond acceptors (Lipinski definition) is 2. The topological polar surface area (TPSA) is 62.0 Å². The molecule has 0 fully saturated rings. The van der Waals surface area contributed by atoms with Crippen molar-refractivity contribution in [2.45, 2.75) is 13.0 Å². The largest absolute Gasteiger partial charge is 0.360 e. The molecule has 2 aromatic carbocycles. The SMILES string of the molecule is CC(NC(=O)c1c[nH]c2ccccc2c1=O)c1cccc(Br)c1. The standard InChI is InChI=1S/C18H15BrN2O2/c1-11(12-5-4-6-13(19)9-12)21-18(23)15-10-20-16-8-3-2-7-14(16)17(15)22/h2-11H,1H3,(H,20,22)(H,21,23). The first-order valence-corrected chi connectivity index (χ1v) is 8.02. The second kappa shape index (κ2) is 6.38. The first kappa shape index (κ1) is 15.5. The summed E-state index contributed by atoms with van der Waals surface area (Å²) in [7, 11) is 0. The van der Waals surface area contributed by atoms with Gasteiger partial charge in [-0.3, -0.25) is 9.59 Å². The molecule has 1 unspecified atom stereocenters. The lowest BCUT2D eigenvalue weighted by molar-refractivity contribution is 0.0938. The summed E-state index contributed by atoms with van der Waals surface area (Å²) in [5.74, 6) is -0.385. The van der Waals surface area contributed by atoms with Gasteiger partial charge in [0.05, 0.1) is 6.04 Å². The lowest BCUT2D eigenvalue weighted by atomic mass is 10.1. The Morgan fingerprint density at radius 2 is 1.96 bits per heavy atom. The van der Waals surface area contributed by atoms with Crippen molar-refractivity contribution >= 4 is 32.7 Å². The van der Waals surface area contributed by atoms with Crippen molar-refractivity contribution < 1.29 is 4.79 Å². The van der Waals surface area contributed by atoms with Gasteiger partial charge >= 0.3 is 0 Å². The second-order valence-corrected chi connectivity index (χ2v) is 6.24. The molecule has 1 amide bonds. The summed E-state index contributed by atoms with van der Waals surface area (Å²) < 4.78 is 0.944. The number of pyridine rings is 1. The van der Waals surface area contributed by atoms with Crippen molar-refractivity contribution in [1.29, 1.82) is 0 Å². The molecule has 0 saturated carbocycles. The Labute approximate surface area is 141 Å². The van der Waals surface area contributed by atoms with Gasteiger partial charge in [-0.05, 0) is 36.8 Å². The normalized spacial score (nSPS) is 12.1. The van der Waals surface area contributed by atoms with Crippen LogP contribution in [0.15, 0.2) is 64.0 Å². The van der Waals surface area contributed by atoms with Crippen LogP contribution >= 0.6 is 15.9 Å². The predicted molar refractivity (Wildman–Crippen MR) is 94.6 cm³/mol. The third-order valence-corrected chi connectivity index (χ3v) is 4.22. The van der Waals surface area contributed by atoms with Crippen molar-refractivity contribution in [1.82, 2.24) is 10.3 Å². The molecule has 0 spiro atoms. The summed E-state index contributed by atoms with van der Waals surface area (Å²) >= 11 is 3.41.